The number of allylic oxidation sites excluding steroid dienone is 2. The molecule has 0 fully saturated rings. The van der Waals surface area contributed by atoms with Crippen LogP contribution in [0.25, 0.3) is 11.3 Å². The maximum atomic E-state index is 10.8. The van der Waals surface area contributed by atoms with Gasteiger partial charge in [-0.1, -0.05) is 42.0 Å². The minimum atomic E-state index is -1.59. The van der Waals surface area contributed by atoms with E-state index in [2.05, 4.69) is 10.2 Å². The first-order valence-corrected chi connectivity index (χ1v) is 7.52. The molecule has 1 atom stereocenters. The van der Waals surface area contributed by atoms with Gasteiger partial charge in [0.1, 0.15) is 5.54 Å². The van der Waals surface area contributed by atoms with Gasteiger partial charge in [-0.2, -0.15) is 5.10 Å². The summed E-state index contributed by atoms with van der Waals surface area (Å²) in [4.78, 5) is 21.5. The highest BCUT2D eigenvalue weighted by atomic mass is 16.4. The molecule has 0 aliphatic heterocycles. The number of benzene rings is 1. The highest BCUT2D eigenvalue weighted by Crippen LogP contribution is 2.24. The van der Waals surface area contributed by atoms with E-state index in [9.17, 15) is 9.59 Å². The highest BCUT2D eigenvalue weighted by molar-refractivity contribution is 5.92. The summed E-state index contributed by atoms with van der Waals surface area (Å²) in [6, 6.07) is 12.1. The van der Waals surface area contributed by atoms with E-state index >= 15 is 0 Å². The van der Waals surface area contributed by atoms with Crippen molar-refractivity contribution in [3.8, 4) is 11.3 Å². The smallest absolute Gasteiger partial charge is 0.331 e. The van der Waals surface area contributed by atoms with Gasteiger partial charge in [-0.3, -0.25) is 5.10 Å². The number of hydrogen-bond acceptors (Lipinski definition) is 4. The molecule has 1 aromatic heterocycles. The van der Waals surface area contributed by atoms with Crippen LogP contribution in [0.4, 0.5) is 0 Å². The molecule has 2 aromatic rings. The molecule has 7 nitrogen and oxygen atoms in total. The van der Waals surface area contributed by atoms with Crippen molar-refractivity contribution in [2.75, 3.05) is 0 Å². The van der Waals surface area contributed by atoms with Crippen molar-refractivity contribution in [2.24, 2.45) is 5.73 Å². The summed E-state index contributed by atoms with van der Waals surface area (Å²) in [5, 5.41) is 24.3. The number of rotatable bonds is 3. The van der Waals surface area contributed by atoms with Gasteiger partial charge in [0.25, 0.3) is 0 Å². The molecule has 5 N–H and O–H groups in total. The van der Waals surface area contributed by atoms with Crippen LogP contribution in [-0.4, -0.2) is 37.9 Å². The summed E-state index contributed by atoms with van der Waals surface area (Å²) in [5.74, 6) is -2.35. The minimum absolute atomic E-state index is 0.0231. The fourth-order valence-corrected chi connectivity index (χ4v) is 2.45. The fourth-order valence-electron chi connectivity index (χ4n) is 2.45. The third kappa shape index (κ3) is 4.65. The third-order valence-electron chi connectivity index (χ3n) is 3.63. The minimum Gasteiger partial charge on any atom is -0.480 e. The van der Waals surface area contributed by atoms with E-state index in [-0.39, 0.29) is 12.0 Å². The number of aromatic nitrogens is 2. The number of hydrogen-bond donors (Lipinski definition) is 4. The van der Waals surface area contributed by atoms with E-state index in [1.54, 1.807) is 13.1 Å². The van der Waals surface area contributed by atoms with Crippen molar-refractivity contribution in [1.82, 2.24) is 10.2 Å². The van der Waals surface area contributed by atoms with Crippen molar-refractivity contribution < 1.29 is 19.8 Å². The zero-order valence-electron chi connectivity index (χ0n) is 13.6. The maximum Gasteiger partial charge on any atom is 0.331 e. The molecule has 1 aliphatic rings. The molecule has 3 rings (SSSR count). The Labute approximate surface area is 144 Å². The number of carboxylic acids is 2. The molecule has 25 heavy (non-hydrogen) atoms. The molecule has 1 heterocycles. The summed E-state index contributed by atoms with van der Waals surface area (Å²) in [6.07, 6.45) is 4.36. The van der Waals surface area contributed by atoms with Crippen molar-refractivity contribution in [3.63, 3.8) is 0 Å². The van der Waals surface area contributed by atoms with Crippen LogP contribution in [0.2, 0.25) is 0 Å². The van der Waals surface area contributed by atoms with Gasteiger partial charge in [0.15, 0.2) is 0 Å². The summed E-state index contributed by atoms with van der Waals surface area (Å²) >= 11 is 0. The molecule has 0 amide bonds. The number of nitrogens with one attached hydrogen (secondary N) is 1. The Morgan fingerprint density at radius 1 is 1.20 bits per heavy atom. The first kappa shape index (κ1) is 18.2. The second-order valence-electron chi connectivity index (χ2n) is 5.72. The molecule has 0 spiro atoms. The van der Waals surface area contributed by atoms with E-state index in [4.69, 9.17) is 15.9 Å². The average molecular weight is 341 g/mol. The lowest BCUT2D eigenvalue weighted by molar-refractivity contribution is -0.141. The zero-order valence-corrected chi connectivity index (χ0v) is 13.6. The molecule has 7 heteroatoms. The number of carbonyl (C=O) groups is 2. The SMILES string of the molecule is CC1=CC(N)(C(=O)O)CC(C(=O)O)=C1.c1ccc(-c2ccn[nH]2)cc1. The molecule has 1 aromatic carbocycles. The third-order valence-corrected chi connectivity index (χ3v) is 3.63. The van der Waals surface area contributed by atoms with Crippen LogP contribution in [0.5, 0.6) is 0 Å². The van der Waals surface area contributed by atoms with Crippen molar-refractivity contribution in [1.29, 1.82) is 0 Å². The van der Waals surface area contributed by atoms with Gasteiger partial charge in [0.05, 0.1) is 5.69 Å². The molecule has 0 radical (unpaired) electrons. The topological polar surface area (TPSA) is 129 Å². The number of aromatic amines is 1. The average Bonchev–Trinajstić information content (AvgIpc) is 3.10. The van der Waals surface area contributed by atoms with Gasteiger partial charge >= 0.3 is 11.9 Å². The standard InChI is InChI=1S/C9H8N2.C9H11NO4/c1-2-4-8(5-3-1)9-6-7-10-11-9;1-5-2-6(7(11)12)4-9(10,3-5)8(13)14/h1-7H,(H,10,11);2-3H,4,10H2,1H3,(H,11,12)(H,13,14). The van der Waals surface area contributed by atoms with Crippen LogP contribution < -0.4 is 5.73 Å². The van der Waals surface area contributed by atoms with E-state index in [0.29, 0.717) is 5.57 Å². The maximum absolute atomic E-state index is 10.8. The first-order chi connectivity index (χ1) is 11.8. The number of aliphatic carboxylic acids is 2. The second-order valence-corrected chi connectivity index (χ2v) is 5.72. The molecule has 130 valence electrons. The van der Waals surface area contributed by atoms with Gasteiger partial charge in [0, 0.05) is 18.2 Å². The monoisotopic (exact) mass is 341 g/mol. The number of carboxylic acid groups (broad SMARTS) is 2. The zero-order chi connectivity index (χ0) is 18.4. The van der Waals surface area contributed by atoms with E-state index in [1.807, 2.05) is 36.4 Å². The quantitative estimate of drug-likeness (QED) is 0.677. The lowest BCUT2D eigenvalue weighted by Gasteiger charge is -2.25. The van der Waals surface area contributed by atoms with Crippen LogP contribution >= 0.6 is 0 Å². The highest BCUT2D eigenvalue weighted by Gasteiger charge is 2.36. The van der Waals surface area contributed by atoms with Crippen LogP contribution in [0.15, 0.2) is 65.9 Å². The first-order valence-electron chi connectivity index (χ1n) is 7.52. The van der Waals surface area contributed by atoms with E-state index in [1.165, 1.54) is 17.7 Å². The normalized spacial score (nSPS) is 19.1. The predicted octanol–water partition coefficient (Wildman–Crippen LogP) is 2.21. The van der Waals surface area contributed by atoms with Gasteiger partial charge in [0.2, 0.25) is 0 Å². The Balaban J connectivity index is 0.000000185. The molecule has 1 unspecified atom stereocenters. The van der Waals surface area contributed by atoms with Crippen LogP contribution in [0, 0.1) is 0 Å². The number of H-pyrrole nitrogens is 1. The Morgan fingerprint density at radius 3 is 2.40 bits per heavy atom. The van der Waals surface area contributed by atoms with Crippen LogP contribution in [0.3, 0.4) is 0 Å². The van der Waals surface area contributed by atoms with Gasteiger partial charge in [-0.15, -0.1) is 0 Å². The number of nitrogens with zero attached hydrogens (tertiary/aromatic N) is 1. The second kappa shape index (κ2) is 7.59. The molecule has 0 saturated carbocycles. The van der Waals surface area contributed by atoms with Crippen molar-refractivity contribution >= 4 is 11.9 Å². The van der Waals surface area contributed by atoms with Crippen molar-refractivity contribution in [2.45, 2.75) is 18.9 Å². The van der Waals surface area contributed by atoms with E-state index in [0.717, 1.165) is 5.69 Å². The lowest BCUT2D eigenvalue weighted by atomic mass is 9.85. The lowest BCUT2D eigenvalue weighted by Crippen LogP contribution is -2.48. The molecule has 0 saturated heterocycles. The Bertz CT molecular complexity index is 810. The molecule has 0 bridgehead atoms. The van der Waals surface area contributed by atoms with Gasteiger partial charge in [-0.25, -0.2) is 9.59 Å². The summed E-state index contributed by atoms with van der Waals surface area (Å²) in [5.41, 5.74) is 6.76. The van der Waals surface area contributed by atoms with Crippen LogP contribution in [0.1, 0.15) is 13.3 Å². The van der Waals surface area contributed by atoms with Crippen molar-refractivity contribution in [3.05, 3.63) is 65.9 Å². The summed E-state index contributed by atoms with van der Waals surface area (Å²) in [6.45, 7) is 1.62. The van der Waals surface area contributed by atoms with Gasteiger partial charge < -0.3 is 15.9 Å². The van der Waals surface area contributed by atoms with E-state index < -0.39 is 17.5 Å². The summed E-state index contributed by atoms with van der Waals surface area (Å²) < 4.78 is 0. The Morgan fingerprint density at radius 2 is 1.88 bits per heavy atom. The molecular weight excluding hydrogens is 322 g/mol. The molecular formula is C18H19N3O4. The molecule has 1 aliphatic carbocycles. The number of nitrogens with two attached hydrogens (primary N) is 1. The Kier molecular flexibility index (Phi) is 5.51. The van der Waals surface area contributed by atoms with Gasteiger partial charge in [-0.05, 0) is 24.6 Å². The van der Waals surface area contributed by atoms with Crippen LogP contribution in [-0.2, 0) is 9.59 Å². The Hall–Kier alpha value is -3.19. The summed E-state index contributed by atoms with van der Waals surface area (Å²) in [7, 11) is 0. The largest absolute Gasteiger partial charge is 0.480 e. The fraction of sp³-hybridized carbons (Fsp3) is 0.167. The predicted molar refractivity (Wildman–Crippen MR) is 92.7 cm³/mol.